The Hall–Kier alpha value is -2.18. The zero-order valence-corrected chi connectivity index (χ0v) is 18.6. The van der Waals surface area contributed by atoms with Crippen LogP contribution in [-0.2, 0) is 9.59 Å². The van der Waals surface area contributed by atoms with Crippen LogP contribution in [0.4, 0.5) is 5.82 Å². The van der Waals surface area contributed by atoms with E-state index in [0.717, 1.165) is 68.8 Å². The number of aromatic nitrogens is 2. The summed E-state index contributed by atoms with van der Waals surface area (Å²) in [5, 5.41) is 11.3. The molecule has 7 heteroatoms. The Morgan fingerprint density at radius 3 is 2.35 bits per heavy atom. The Labute approximate surface area is 185 Å². The average Bonchev–Trinajstić information content (AvgIpc) is 2.78. The molecule has 4 bridgehead atoms. The van der Waals surface area contributed by atoms with Crippen LogP contribution in [0.5, 0.6) is 0 Å². The highest BCUT2D eigenvalue weighted by Crippen LogP contribution is 2.60. The van der Waals surface area contributed by atoms with Gasteiger partial charge in [0.05, 0.1) is 0 Å². The molecule has 2 heterocycles. The standard InChI is InChI=1S/C24H35N5O2/c1-28(21-3-2-7-26-27-21)20-5-9-29(10-6-20)22(30)4-8-25-23(31)24-14-17-11-18(15-24)13-19(12-17)16-24/h2-3,7,17-20H,4-6,8-16H2,1H3,(H,25,31). The maximum absolute atomic E-state index is 13.1. The van der Waals surface area contributed by atoms with Crippen molar-refractivity contribution in [2.24, 2.45) is 23.2 Å². The molecule has 5 aliphatic rings. The second-order valence-electron chi connectivity index (χ2n) is 10.5. The zero-order chi connectivity index (χ0) is 21.4. The quantitative estimate of drug-likeness (QED) is 0.758. The van der Waals surface area contributed by atoms with Gasteiger partial charge in [-0.2, -0.15) is 5.10 Å². The highest BCUT2D eigenvalue weighted by molar-refractivity contribution is 5.84. The highest BCUT2D eigenvalue weighted by atomic mass is 16.2. The second kappa shape index (κ2) is 8.40. The van der Waals surface area contributed by atoms with Gasteiger partial charge in [-0.15, -0.1) is 5.10 Å². The number of likely N-dealkylation sites (tertiary alicyclic amines) is 1. The first kappa shape index (κ1) is 20.7. The van der Waals surface area contributed by atoms with Crippen molar-refractivity contribution >= 4 is 17.6 Å². The molecule has 7 nitrogen and oxygen atoms in total. The summed E-state index contributed by atoms with van der Waals surface area (Å²) < 4.78 is 0. The normalized spacial score (nSPS) is 32.2. The van der Waals surface area contributed by atoms with E-state index in [2.05, 4.69) is 20.4 Å². The maximum Gasteiger partial charge on any atom is 0.226 e. The molecule has 2 amide bonds. The number of amides is 2. The van der Waals surface area contributed by atoms with E-state index in [1.54, 1.807) is 6.20 Å². The SMILES string of the molecule is CN(c1cccnn1)C1CCN(C(=O)CCNC(=O)C23CC4CC(CC(C4)C2)C3)CC1. The summed E-state index contributed by atoms with van der Waals surface area (Å²) in [7, 11) is 2.05. The van der Waals surface area contributed by atoms with Gasteiger partial charge in [0.1, 0.15) is 0 Å². The molecule has 1 saturated heterocycles. The Morgan fingerprint density at radius 2 is 1.77 bits per heavy atom. The molecule has 168 valence electrons. The van der Waals surface area contributed by atoms with Crippen LogP contribution in [0.25, 0.3) is 0 Å². The van der Waals surface area contributed by atoms with Crippen LogP contribution in [0, 0.1) is 23.2 Å². The Bertz CT molecular complexity index is 770. The van der Waals surface area contributed by atoms with E-state index in [1.807, 2.05) is 24.1 Å². The lowest BCUT2D eigenvalue weighted by molar-refractivity contribution is -0.146. The zero-order valence-electron chi connectivity index (χ0n) is 18.6. The molecule has 0 radical (unpaired) electrons. The first-order valence-corrected chi connectivity index (χ1v) is 12.1. The number of carbonyl (C=O) groups excluding carboxylic acids is 2. The van der Waals surface area contributed by atoms with Crippen molar-refractivity contribution in [2.75, 3.05) is 31.6 Å². The van der Waals surface area contributed by atoms with E-state index in [1.165, 1.54) is 19.3 Å². The minimum Gasteiger partial charge on any atom is -0.355 e. The third-order valence-electron chi connectivity index (χ3n) is 8.43. The van der Waals surface area contributed by atoms with E-state index >= 15 is 0 Å². The van der Waals surface area contributed by atoms with Gasteiger partial charge in [-0.25, -0.2) is 0 Å². The number of hydrogen-bond donors (Lipinski definition) is 1. The largest absolute Gasteiger partial charge is 0.355 e. The molecule has 31 heavy (non-hydrogen) atoms. The Balaban J connectivity index is 1.06. The van der Waals surface area contributed by atoms with E-state index in [4.69, 9.17) is 0 Å². The Kier molecular flexibility index (Phi) is 5.61. The van der Waals surface area contributed by atoms with Gasteiger partial charge in [-0.1, -0.05) is 0 Å². The van der Waals surface area contributed by atoms with Gasteiger partial charge in [0.25, 0.3) is 0 Å². The van der Waals surface area contributed by atoms with E-state index in [0.29, 0.717) is 19.0 Å². The van der Waals surface area contributed by atoms with Crippen LogP contribution in [-0.4, -0.2) is 59.6 Å². The van der Waals surface area contributed by atoms with Crippen molar-refractivity contribution in [1.82, 2.24) is 20.4 Å². The van der Waals surface area contributed by atoms with Crippen LogP contribution in [0.2, 0.25) is 0 Å². The summed E-state index contributed by atoms with van der Waals surface area (Å²) >= 11 is 0. The van der Waals surface area contributed by atoms with Gasteiger partial charge in [0.15, 0.2) is 5.82 Å². The van der Waals surface area contributed by atoms with Gasteiger partial charge in [0.2, 0.25) is 11.8 Å². The fourth-order valence-corrected chi connectivity index (χ4v) is 7.19. The van der Waals surface area contributed by atoms with E-state index < -0.39 is 0 Å². The molecule has 6 rings (SSSR count). The smallest absolute Gasteiger partial charge is 0.226 e. The van der Waals surface area contributed by atoms with Crippen LogP contribution < -0.4 is 10.2 Å². The number of anilines is 1. The molecule has 4 saturated carbocycles. The topological polar surface area (TPSA) is 78.4 Å². The summed E-state index contributed by atoms with van der Waals surface area (Å²) in [6.45, 7) is 1.99. The van der Waals surface area contributed by atoms with Crippen LogP contribution >= 0.6 is 0 Å². The molecule has 4 aliphatic carbocycles. The van der Waals surface area contributed by atoms with E-state index in [-0.39, 0.29) is 17.2 Å². The molecule has 1 aromatic heterocycles. The minimum atomic E-state index is -0.124. The van der Waals surface area contributed by atoms with Crippen molar-refractivity contribution in [3.63, 3.8) is 0 Å². The third-order valence-corrected chi connectivity index (χ3v) is 8.43. The van der Waals surface area contributed by atoms with Crippen molar-refractivity contribution in [3.8, 4) is 0 Å². The van der Waals surface area contributed by atoms with Gasteiger partial charge >= 0.3 is 0 Å². The van der Waals surface area contributed by atoms with Crippen LogP contribution in [0.15, 0.2) is 18.3 Å². The number of nitrogens with zero attached hydrogens (tertiary/aromatic N) is 4. The number of carbonyl (C=O) groups is 2. The number of rotatable bonds is 6. The third kappa shape index (κ3) is 4.15. The van der Waals surface area contributed by atoms with E-state index in [9.17, 15) is 9.59 Å². The fraction of sp³-hybridized carbons (Fsp3) is 0.750. The van der Waals surface area contributed by atoms with Gasteiger partial charge in [0, 0.05) is 50.8 Å². The van der Waals surface area contributed by atoms with Crippen LogP contribution in [0.1, 0.15) is 57.8 Å². The lowest BCUT2D eigenvalue weighted by Crippen LogP contribution is -2.54. The summed E-state index contributed by atoms with van der Waals surface area (Å²) in [6, 6.07) is 4.24. The predicted octanol–water partition coefficient (Wildman–Crippen LogP) is 2.63. The summed E-state index contributed by atoms with van der Waals surface area (Å²) in [4.78, 5) is 29.9. The molecule has 5 fully saturated rings. The number of nitrogens with one attached hydrogen (secondary N) is 1. The molecular formula is C24H35N5O2. The molecule has 1 aliphatic heterocycles. The Morgan fingerprint density at radius 1 is 1.13 bits per heavy atom. The van der Waals surface area contributed by atoms with Crippen LogP contribution in [0.3, 0.4) is 0 Å². The maximum atomic E-state index is 13.1. The second-order valence-corrected chi connectivity index (χ2v) is 10.5. The molecule has 0 atom stereocenters. The summed E-state index contributed by atoms with van der Waals surface area (Å²) in [6.07, 6.45) is 11.2. The summed E-state index contributed by atoms with van der Waals surface area (Å²) in [5.41, 5.74) is -0.124. The molecule has 0 spiro atoms. The lowest BCUT2D eigenvalue weighted by Gasteiger charge is -2.55. The highest BCUT2D eigenvalue weighted by Gasteiger charge is 2.54. The minimum absolute atomic E-state index is 0.124. The van der Waals surface area contributed by atoms with Gasteiger partial charge < -0.3 is 15.1 Å². The first-order chi connectivity index (χ1) is 15.0. The van der Waals surface area contributed by atoms with Crippen molar-refractivity contribution in [1.29, 1.82) is 0 Å². The van der Waals surface area contributed by atoms with Crippen molar-refractivity contribution < 1.29 is 9.59 Å². The van der Waals surface area contributed by atoms with Gasteiger partial charge in [-0.05, 0) is 81.3 Å². The molecule has 1 N–H and O–H groups in total. The average molecular weight is 426 g/mol. The van der Waals surface area contributed by atoms with Crippen molar-refractivity contribution in [3.05, 3.63) is 18.3 Å². The predicted molar refractivity (Wildman–Crippen MR) is 118 cm³/mol. The molecule has 0 unspecified atom stereocenters. The number of piperidine rings is 1. The summed E-state index contributed by atoms with van der Waals surface area (Å²) in [5.74, 6) is 3.55. The molecule has 1 aromatic rings. The first-order valence-electron chi connectivity index (χ1n) is 12.1. The monoisotopic (exact) mass is 425 g/mol. The molecule has 0 aromatic carbocycles. The molecular weight excluding hydrogens is 390 g/mol. The van der Waals surface area contributed by atoms with Crippen molar-refractivity contribution in [2.45, 2.75) is 63.8 Å². The van der Waals surface area contributed by atoms with Gasteiger partial charge in [-0.3, -0.25) is 9.59 Å². The lowest BCUT2D eigenvalue weighted by atomic mass is 9.49. The number of hydrogen-bond acceptors (Lipinski definition) is 5. The fourth-order valence-electron chi connectivity index (χ4n) is 7.19.